The number of nitrogens with one attached hydrogen (secondary N) is 1. The number of ether oxygens (including phenoxy) is 1. The number of aromatic nitrogens is 5. The molecule has 0 saturated heterocycles. The number of amides is 1. The molecule has 1 N–H and O–H groups in total. The predicted molar refractivity (Wildman–Crippen MR) is 115 cm³/mol. The summed E-state index contributed by atoms with van der Waals surface area (Å²) in [7, 11) is 1.64. The second-order valence-electron chi connectivity index (χ2n) is 6.74. The molecule has 10 heteroatoms. The summed E-state index contributed by atoms with van der Waals surface area (Å²) in [4.78, 5) is 13.9. The molecule has 0 aliphatic heterocycles. The number of benzene rings is 1. The van der Waals surface area contributed by atoms with Gasteiger partial charge in [-0.05, 0) is 55.3 Å². The van der Waals surface area contributed by atoms with Crippen molar-refractivity contribution in [2.45, 2.75) is 33.4 Å². The zero-order valence-corrected chi connectivity index (χ0v) is 18.6. The van der Waals surface area contributed by atoms with Crippen LogP contribution < -0.4 is 5.32 Å². The summed E-state index contributed by atoms with van der Waals surface area (Å²) in [6.07, 6.45) is 0.764. The fraction of sp³-hybridized carbons (Fsp3) is 0.350. The number of tetrazole rings is 1. The first-order valence-corrected chi connectivity index (χ1v) is 10.2. The second-order valence-corrected chi connectivity index (χ2v) is 7.66. The lowest BCUT2D eigenvalue weighted by atomic mass is 10.2. The van der Waals surface area contributed by atoms with Gasteiger partial charge in [0.05, 0.1) is 5.56 Å². The van der Waals surface area contributed by atoms with E-state index < -0.39 is 0 Å². The summed E-state index contributed by atoms with van der Waals surface area (Å²) in [5.41, 5.74) is 3.05. The van der Waals surface area contributed by atoms with E-state index in [4.69, 9.17) is 4.74 Å². The SMILES string of the molecule is COCCCn1c(C)c(C)c(C#N)c1NC(=O)Cn1nnc(-c2ccc(Br)cc2)n1. The van der Waals surface area contributed by atoms with Crippen molar-refractivity contribution in [2.75, 3.05) is 19.0 Å². The maximum absolute atomic E-state index is 12.6. The van der Waals surface area contributed by atoms with E-state index in [0.29, 0.717) is 30.4 Å². The quantitative estimate of drug-likeness (QED) is 0.505. The summed E-state index contributed by atoms with van der Waals surface area (Å²) in [5, 5.41) is 24.7. The number of hydrogen-bond acceptors (Lipinski definition) is 6. The van der Waals surface area contributed by atoms with E-state index in [1.165, 1.54) is 4.80 Å². The normalized spacial score (nSPS) is 10.8. The third-order valence-corrected chi connectivity index (χ3v) is 5.30. The zero-order chi connectivity index (χ0) is 21.7. The molecule has 1 amide bonds. The number of carbonyl (C=O) groups is 1. The molecule has 30 heavy (non-hydrogen) atoms. The van der Waals surface area contributed by atoms with Gasteiger partial charge in [0.15, 0.2) is 0 Å². The molecule has 2 heterocycles. The van der Waals surface area contributed by atoms with E-state index >= 15 is 0 Å². The Kier molecular flexibility index (Phi) is 6.97. The van der Waals surface area contributed by atoms with Crippen LogP contribution in [0.5, 0.6) is 0 Å². The molecule has 0 unspecified atom stereocenters. The van der Waals surface area contributed by atoms with Gasteiger partial charge in [0.25, 0.3) is 0 Å². The van der Waals surface area contributed by atoms with E-state index in [9.17, 15) is 10.1 Å². The minimum absolute atomic E-state index is 0.115. The molecule has 0 aliphatic rings. The Morgan fingerprint density at radius 3 is 2.70 bits per heavy atom. The number of nitrogens with zero attached hydrogens (tertiary/aromatic N) is 6. The Bertz CT molecular complexity index is 1080. The maximum atomic E-state index is 12.6. The van der Waals surface area contributed by atoms with Gasteiger partial charge in [-0.25, -0.2) is 0 Å². The van der Waals surface area contributed by atoms with Gasteiger partial charge < -0.3 is 14.6 Å². The number of methoxy groups -OCH3 is 1. The maximum Gasteiger partial charge on any atom is 0.249 e. The van der Waals surface area contributed by atoms with Crippen molar-refractivity contribution in [3.05, 3.63) is 45.6 Å². The summed E-state index contributed by atoms with van der Waals surface area (Å²) < 4.78 is 8.00. The van der Waals surface area contributed by atoms with E-state index in [1.54, 1.807) is 7.11 Å². The molecule has 3 rings (SSSR count). The zero-order valence-electron chi connectivity index (χ0n) is 17.0. The molecule has 0 spiro atoms. The van der Waals surface area contributed by atoms with Gasteiger partial charge in [-0.15, -0.1) is 10.2 Å². The highest BCUT2D eigenvalue weighted by atomic mass is 79.9. The fourth-order valence-electron chi connectivity index (χ4n) is 3.10. The van der Waals surface area contributed by atoms with Gasteiger partial charge in [0.1, 0.15) is 18.4 Å². The lowest BCUT2D eigenvalue weighted by molar-refractivity contribution is -0.117. The average molecular weight is 472 g/mol. The van der Waals surface area contributed by atoms with Gasteiger partial charge in [-0.2, -0.15) is 10.1 Å². The molecule has 0 saturated carbocycles. The van der Waals surface area contributed by atoms with Crippen molar-refractivity contribution < 1.29 is 9.53 Å². The fourth-order valence-corrected chi connectivity index (χ4v) is 3.37. The molecule has 9 nitrogen and oxygen atoms in total. The molecular formula is C20H22BrN7O2. The first-order chi connectivity index (χ1) is 14.4. The molecule has 3 aromatic rings. The number of anilines is 1. The minimum Gasteiger partial charge on any atom is -0.385 e. The number of carbonyl (C=O) groups excluding carboxylic acids is 1. The summed E-state index contributed by atoms with van der Waals surface area (Å²) in [6, 6.07) is 9.69. The topological polar surface area (TPSA) is 111 Å². The van der Waals surface area contributed by atoms with Crippen LogP contribution >= 0.6 is 15.9 Å². The highest BCUT2D eigenvalue weighted by molar-refractivity contribution is 9.10. The Morgan fingerprint density at radius 2 is 2.03 bits per heavy atom. The van der Waals surface area contributed by atoms with Gasteiger partial charge in [-0.3, -0.25) is 4.79 Å². The number of rotatable bonds is 8. The van der Waals surface area contributed by atoms with Crippen molar-refractivity contribution in [1.29, 1.82) is 5.26 Å². The summed E-state index contributed by atoms with van der Waals surface area (Å²) in [6.45, 7) is 4.92. The van der Waals surface area contributed by atoms with Crippen molar-refractivity contribution in [1.82, 2.24) is 24.8 Å². The first kappa shape index (κ1) is 21.7. The van der Waals surface area contributed by atoms with E-state index in [1.807, 2.05) is 42.7 Å². The number of halogens is 1. The Labute approximate surface area is 182 Å². The molecule has 0 radical (unpaired) electrons. The number of hydrogen-bond donors (Lipinski definition) is 1. The van der Waals surface area contributed by atoms with Crippen LogP contribution in [0.4, 0.5) is 5.82 Å². The Hall–Kier alpha value is -3.03. The van der Waals surface area contributed by atoms with Crippen LogP contribution in [0.3, 0.4) is 0 Å². The van der Waals surface area contributed by atoms with Crippen LogP contribution in [0.25, 0.3) is 11.4 Å². The molecule has 0 atom stereocenters. The molecule has 0 fully saturated rings. The summed E-state index contributed by atoms with van der Waals surface area (Å²) in [5.74, 6) is 0.584. The van der Waals surface area contributed by atoms with E-state index in [-0.39, 0.29) is 12.5 Å². The highest BCUT2D eigenvalue weighted by Gasteiger charge is 2.20. The lowest BCUT2D eigenvalue weighted by Crippen LogP contribution is -2.23. The molecule has 1 aromatic carbocycles. The monoisotopic (exact) mass is 471 g/mol. The van der Waals surface area contributed by atoms with Crippen LogP contribution in [0.2, 0.25) is 0 Å². The van der Waals surface area contributed by atoms with E-state index in [2.05, 4.69) is 42.7 Å². The Balaban J connectivity index is 1.75. The van der Waals surface area contributed by atoms with Crippen molar-refractivity contribution in [2.24, 2.45) is 0 Å². The predicted octanol–water partition coefficient (Wildman–Crippen LogP) is 3.07. The van der Waals surface area contributed by atoms with Crippen molar-refractivity contribution in [3.63, 3.8) is 0 Å². The van der Waals surface area contributed by atoms with Gasteiger partial charge in [0.2, 0.25) is 11.7 Å². The van der Waals surface area contributed by atoms with Crippen LogP contribution in [0.15, 0.2) is 28.7 Å². The van der Waals surface area contributed by atoms with Gasteiger partial charge >= 0.3 is 0 Å². The molecular weight excluding hydrogens is 450 g/mol. The Morgan fingerprint density at radius 1 is 1.30 bits per heavy atom. The lowest BCUT2D eigenvalue weighted by Gasteiger charge is -2.12. The van der Waals surface area contributed by atoms with Crippen molar-refractivity contribution in [3.8, 4) is 17.5 Å². The van der Waals surface area contributed by atoms with Crippen LogP contribution in [-0.2, 0) is 22.6 Å². The van der Waals surface area contributed by atoms with Gasteiger partial charge in [-0.1, -0.05) is 15.9 Å². The minimum atomic E-state index is -0.336. The average Bonchev–Trinajstić information content (AvgIpc) is 3.27. The molecule has 0 aliphatic carbocycles. The second kappa shape index (κ2) is 9.65. The summed E-state index contributed by atoms with van der Waals surface area (Å²) >= 11 is 3.38. The first-order valence-electron chi connectivity index (χ1n) is 9.37. The largest absolute Gasteiger partial charge is 0.385 e. The third kappa shape index (κ3) is 4.75. The van der Waals surface area contributed by atoms with Crippen LogP contribution in [-0.4, -0.2) is 44.4 Å². The number of nitriles is 1. The standard InChI is InChI=1S/C20H22BrN7O2/c1-13-14(2)27(9-4-10-30-3)20(17(13)11-22)23-18(29)12-28-25-19(24-26-28)15-5-7-16(21)8-6-15/h5-8H,4,9-10,12H2,1-3H3,(H,23,29). The van der Waals surface area contributed by atoms with E-state index in [0.717, 1.165) is 27.7 Å². The third-order valence-electron chi connectivity index (χ3n) is 4.77. The molecule has 156 valence electrons. The van der Waals surface area contributed by atoms with Gasteiger partial charge in [0, 0.05) is 36.0 Å². The molecule has 0 bridgehead atoms. The highest BCUT2D eigenvalue weighted by Crippen LogP contribution is 2.26. The molecule has 2 aromatic heterocycles. The smallest absolute Gasteiger partial charge is 0.249 e. The van der Waals surface area contributed by atoms with Crippen LogP contribution in [0, 0.1) is 25.2 Å². The van der Waals surface area contributed by atoms with Crippen molar-refractivity contribution >= 4 is 27.7 Å². The van der Waals surface area contributed by atoms with Crippen LogP contribution in [0.1, 0.15) is 23.2 Å².